The summed E-state index contributed by atoms with van der Waals surface area (Å²) in [7, 11) is 3.97. The van der Waals surface area contributed by atoms with Gasteiger partial charge in [0.1, 0.15) is 5.82 Å². The molecular weight excluding hydrogens is 267 g/mol. The van der Waals surface area contributed by atoms with Gasteiger partial charge in [-0.3, -0.25) is 9.69 Å². The second kappa shape index (κ2) is 5.99. The molecule has 2 rings (SSSR count). The van der Waals surface area contributed by atoms with Crippen LogP contribution in [0.25, 0.3) is 0 Å². The molecule has 1 aliphatic rings. The molecule has 0 N–H and O–H groups in total. The van der Waals surface area contributed by atoms with Crippen molar-refractivity contribution in [2.24, 2.45) is 0 Å². The van der Waals surface area contributed by atoms with Crippen LogP contribution in [0.1, 0.15) is 5.56 Å². The molecule has 1 saturated heterocycles. The number of rotatable bonds is 3. The molecule has 1 aromatic carbocycles. The monoisotopic (exact) mass is 284 g/mol. The van der Waals surface area contributed by atoms with Crippen molar-refractivity contribution in [1.29, 1.82) is 0 Å². The summed E-state index contributed by atoms with van der Waals surface area (Å²) in [6.07, 6.45) is 0.252. The van der Waals surface area contributed by atoms with Gasteiger partial charge in [0, 0.05) is 31.1 Å². The van der Waals surface area contributed by atoms with E-state index in [2.05, 4.69) is 9.80 Å². The van der Waals surface area contributed by atoms with Gasteiger partial charge in [-0.15, -0.1) is 0 Å². The second-order valence-corrected chi connectivity index (χ2v) is 5.54. The largest absolute Gasteiger partial charge is 0.303 e. The van der Waals surface area contributed by atoms with E-state index in [1.54, 1.807) is 6.07 Å². The van der Waals surface area contributed by atoms with Crippen molar-refractivity contribution in [2.45, 2.75) is 12.5 Å². The maximum absolute atomic E-state index is 13.0. The molecule has 1 unspecified atom stereocenters. The van der Waals surface area contributed by atoms with Crippen molar-refractivity contribution in [3.8, 4) is 0 Å². The number of hydrogen-bond donors (Lipinski definition) is 0. The molecule has 0 bridgehead atoms. The number of carbonyl (C=O) groups is 1. The highest BCUT2D eigenvalue weighted by Gasteiger charge is 2.28. The Morgan fingerprint density at radius 1 is 1.42 bits per heavy atom. The SMILES string of the molecule is CN1CCN(C)C(C(=O)Cc2ccc(F)cc2Cl)C1. The minimum absolute atomic E-state index is 0.111. The van der Waals surface area contributed by atoms with Crippen LogP contribution in [-0.4, -0.2) is 55.4 Å². The fraction of sp³-hybridized carbons (Fsp3) is 0.500. The Morgan fingerprint density at radius 2 is 2.16 bits per heavy atom. The Morgan fingerprint density at radius 3 is 2.84 bits per heavy atom. The quantitative estimate of drug-likeness (QED) is 0.846. The van der Waals surface area contributed by atoms with Crippen LogP contribution < -0.4 is 0 Å². The van der Waals surface area contributed by atoms with Crippen molar-refractivity contribution in [2.75, 3.05) is 33.7 Å². The number of carbonyl (C=O) groups excluding carboxylic acids is 1. The first kappa shape index (κ1) is 14.4. The van der Waals surface area contributed by atoms with Crippen molar-refractivity contribution >= 4 is 17.4 Å². The summed E-state index contributed by atoms with van der Waals surface area (Å²) < 4.78 is 13.0. The van der Waals surface area contributed by atoms with Gasteiger partial charge in [0.05, 0.1) is 6.04 Å². The first-order valence-corrected chi connectivity index (χ1v) is 6.70. The second-order valence-electron chi connectivity index (χ2n) is 5.14. The van der Waals surface area contributed by atoms with Crippen LogP contribution in [0.2, 0.25) is 5.02 Å². The predicted molar refractivity (Wildman–Crippen MR) is 74.0 cm³/mol. The molecule has 1 aromatic rings. The highest BCUT2D eigenvalue weighted by atomic mass is 35.5. The molecule has 5 heteroatoms. The first-order valence-electron chi connectivity index (χ1n) is 6.33. The van der Waals surface area contributed by atoms with E-state index in [-0.39, 0.29) is 24.1 Å². The highest BCUT2D eigenvalue weighted by Crippen LogP contribution is 2.19. The van der Waals surface area contributed by atoms with E-state index in [0.717, 1.165) is 19.6 Å². The minimum atomic E-state index is -0.379. The Bertz CT molecular complexity index is 481. The highest BCUT2D eigenvalue weighted by molar-refractivity contribution is 6.31. The first-order chi connectivity index (χ1) is 8.97. The van der Waals surface area contributed by atoms with Crippen LogP contribution in [0.4, 0.5) is 4.39 Å². The summed E-state index contributed by atoms with van der Waals surface area (Å²) in [5.74, 6) is -0.252. The van der Waals surface area contributed by atoms with E-state index in [0.29, 0.717) is 10.6 Å². The predicted octanol–water partition coefficient (Wildman–Crippen LogP) is 1.84. The van der Waals surface area contributed by atoms with E-state index < -0.39 is 0 Å². The Labute approximate surface area is 117 Å². The summed E-state index contributed by atoms with van der Waals surface area (Å²) in [5.41, 5.74) is 0.690. The molecule has 1 fully saturated rings. The van der Waals surface area contributed by atoms with Gasteiger partial charge in [-0.2, -0.15) is 0 Å². The third-order valence-electron chi connectivity index (χ3n) is 3.60. The van der Waals surface area contributed by atoms with Gasteiger partial charge in [0.2, 0.25) is 0 Å². The van der Waals surface area contributed by atoms with Gasteiger partial charge >= 0.3 is 0 Å². The zero-order chi connectivity index (χ0) is 14.0. The van der Waals surface area contributed by atoms with Crippen molar-refractivity contribution in [1.82, 2.24) is 9.80 Å². The molecule has 0 radical (unpaired) electrons. The molecule has 3 nitrogen and oxygen atoms in total. The number of ketones is 1. The molecule has 1 aliphatic heterocycles. The maximum atomic E-state index is 13.0. The number of piperazine rings is 1. The van der Waals surface area contributed by atoms with E-state index in [9.17, 15) is 9.18 Å². The third kappa shape index (κ3) is 3.53. The molecule has 0 saturated carbocycles. The van der Waals surface area contributed by atoms with E-state index in [1.165, 1.54) is 12.1 Å². The van der Waals surface area contributed by atoms with Gasteiger partial charge in [-0.25, -0.2) is 4.39 Å². The Kier molecular flexibility index (Phi) is 4.55. The molecule has 0 spiro atoms. The number of Topliss-reactive ketones (excluding diaryl/α,β-unsaturated/α-hetero) is 1. The number of nitrogens with zero attached hydrogens (tertiary/aromatic N) is 2. The molecule has 0 aromatic heterocycles. The van der Waals surface area contributed by atoms with Crippen molar-refractivity contribution < 1.29 is 9.18 Å². The minimum Gasteiger partial charge on any atom is -0.303 e. The van der Waals surface area contributed by atoms with E-state index in [4.69, 9.17) is 11.6 Å². The zero-order valence-electron chi connectivity index (χ0n) is 11.2. The lowest BCUT2D eigenvalue weighted by molar-refractivity contribution is -0.125. The molecule has 1 heterocycles. The fourth-order valence-corrected chi connectivity index (χ4v) is 2.56. The normalized spacial score (nSPS) is 21.6. The number of likely N-dealkylation sites (N-methyl/N-ethyl adjacent to an activating group) is 2. The number of hydrogen-bond acceptors (Lipinski definition) is 3. The van der Waals surface area contributed by atoms with Gasteiger partial charge in [-0.1, -0.05) is 17.7 Å². The topological polar surface area (TPSA) is 23.6 Å². The van der Waals surface area contributed by atoms with E-state index in [1.807, 2.05) is 14.1 Å². The summed E-state index contributed by atoms with van der Waals surface area (Å²) in [4.78, 5) is 16.6. The van der Waals surface area contributed by atoms with Crippen LogP contribution >= 0.6 is 11.6 Å². The van der Waals surface area contributed by atoms with Crippen LogP contribution in [-0.2, 0) is 11.2 Å². The Hall–Kier alpha value is -0.970. The van der Waals surface area contributed by atoms with Crippen LogP contribution in [0.15, 0.2) is 18.2 Å². The zero-order valence-corrected chi connectivity index (χ0v) is 12.0. The van der Waals surface area contributed by atoms with Gasteiger partial charge in [0.15, 0.2) is 5.78 Å². The molecule has 19 heavy (non-hydrogen) atoms. The fourth-order valence-electron chi connectivity index (χ4n) is 2.33. The molecule has 0 aliphatic carbocycles. The summed E-state index contributed by atoms with van der Waals surface area (Å²) in [6.45, 7) is 2.58. The standard InChI is InChI=1S/C14H18ClFN2O/c1-17-5-6-18(2)13(9-17)14(19)7-10-3-4-11(16)8-12(10)15/h3-4,8,13H,5-7,9H2,1-2H3. The summed E-state index contributed by atoms with van der Waals surface area (Å²) in [6, 6.07) is 4.06. The van der Waals surface area contributed by atoms with Crippen LogP contribution in [0, 0.1) is 5.82 Å². The lowest BCUT2D eigenvalue weighted by Gasteiger charge is -2.36. The average molecular weight is 285 g/mol. The average Bonchev–Trinajstić information content (AvgIpc) is 2.35. The van der Waals surface area contributed by atoms with Gasteiger partial charge in [-0.05, 0) is 31.8 Å². The molecule has 0 amide bonds. The van der Waals surface area contributed by atoms with Crippen molar-refractivity contribution in [3.63, 3.8) is 0 Å². The van der Waals surface area contributed by atoms with Gasteiger partial charge in [0.25, 0.3) is 0 Å². The van der Waals surface area contributed by atoms with E-state index >= 15 is 0 Å². The number of halogens is 2. The molecule has 104 valence electrons. The van der Waals surface area contributed by atoms with Crippen molar-refractivity contribution in [3.05, 3.63) is 34.6 Å². The smallest absolute Gasteiger partial charge is 0.155 e. The summed E-state index contributed by atoms with van der Waals surface area (Å²) >= 11 is 5.96. The Balaban J connectivity index is 2.07. The molecule has 1 atom stereocenters. The lowest BCUT2D eigenvalue weighted by Crippen LogP contribution is -2.53. The molecular formula is C14H18ClFN2O. The third-order valence-corrected chi connectivity index (χ3v) is 3.95. The van der Waals surface area contributed by atoms with Crippen LogP contribution in [0.3, 0.4) is 0 Å². The van der Waals surface area contributed by atoms with Gasteiger partial charge < -0.3 is 4.90 Å². The lowest BCUT2D eigenvalue weighted by atomic mass is 10.0. The maximum Gasteiger partial charge on any atom is 0.155 e. The summed E-state index contributed by atoms with van der Waals surface area (Å²) in [5, 5.41) is 0.320. The van der Waals surface area contributed by atoms with Crippen LogP contribution in [0.5, 0.6) is 0 Å². The number of benzene rings is 1.